The lowest BCUT2D eigenvalue weighted by atomic mass is 9.93. The number of aromatic nitrogens is 6. The summed E-state index contributed by atoms with van der Waals surface area (Å²) in [5.41, 5.74) is 2.00. The number of hydrogen-bond acceptors (Lipinski definition) is 9. The van der Waals surface area contributed by atoms with E-state index in [1.165, 1.54) is 13.4 Å². The van der Waals surface area contributed by atoms with Gasteiger partial charge in [-0.2, -0.15) is 9.78 Å². The van der Waals surface area contributed by atoms with Crippen molar-refractivity contribution >= 4 is 17.6 Å². The van der Waals surface area contributed by atoms with Gasteiger partial charge >= 0.3 is 5.97 Å². The Hall–Kier alpha value is -4.28. The molecule has 11 nitrogen and oxygen atoms in total. The van der Waals surface area contributed by atoms with Crippen molar-refractivity contribution in [1.29, 1.82) is 0 Å². The first-order valence-corrected chi connectivity index (χ1v) is 8.57. The van der Waals surface area contributed by atoms with Crippen LogP contribution in [0.2, 0.25) is 0 Å². The number of ether oxygens (including phenoxy) is 1. The molecule has 0 bridgehead atoms. The molecule has 29 heavy (non-hydrogen) atoms. The van der Waals surface area contributed by atoms with E-state index in [-0.39, 0.29) is 5.69 Å². The van der Waals surface area contributed by atoms with E-state index in [0.717, 1.165) is 5.56 Å². The summed E-state index contributed by atoms with van der Waals surface area (Å²) in [5, 5.41) is 21.4. The Morgan fingerprint density at radius 2 is 2.07 bits per heavy atom. The fourth-order valence-electron chi connectivity index (χ4n) is 3.37. The lowest BCUT2D eigenvalue weighted by Crippen LogP contribution is -2.29. The van der Waals surface area contributed by atoms with Gasteiger partial charge in [0.2, 0.25) is 5.95 Å². The van der Waals surface area contributed by atoms with E-state index >= 15 is 0 Å². The third-order valence-electron chi connectivity index (χ3n) is 4.67. The van der Waals surface area contributed by atoms with Crippen molar-refractivity contribution in [2.75, 3.05) is 12.4 Å². The number of carbonyl (C=O) groups excluding carboxylic acids is 1. The number of nitrogens with zero attached hydrogens (tertiary/aromatic N) is 5. The van der Waals surface area contributed by atoms with Crippen molar-refractivity contribution < 1.29 is 13.9 Å². The highest BCUT2D eigenvalue weighted by molar-refractivity contribution is 5.89. The van der Waals surface area contributed by atoms with E-state index < -0.39 is 17.6 Å². The van der Waals surface area contributed by atoms with Gasteiger partial charge in [0.1, 0.15) is 17.4 Å². The molecule has 4 heterocycles. The third kappa shape index (κ3) is 2.59. The number of methoxy groups -OCH3 is 1. The Morgan fingerprint density at radius 3 is 2.79 bits per heavy atom. The number of carbonyl (C=O) groups is 1. The van der Waals surface area contributed by atoms with Crippen LogP contribution in [0.1, 0.15) is 27.5 Å². The molecule has 0 aliphatic carbocycles. The number of esters is 1. The van der Waals surface area contributed by atoms with Gasteiger partial charge in [-0.05, 0) is 40.3 Å². The molecule has 0 amide bonds. The number of rotatable bonds is 3. The van der Waals surface area contributed by atoms with Crippen LogP contribution < -0.4 is 10.9 Å². The van der Waals surface area contributed by atoms with Gasteiger partial charge in [-0.1, -0.05) is 17.2 Å². The molecular weight excluding hydrogens is 378 g/mol. The molecule has 1 aliphatic heterocycles. The quantitative estimate of drug-likeness (QED) is 0.438. The number of benzene rings is 1. The largest absolute Gasteiger partial charge is 0.465 e. The lowest BCUT2D eigenvalue weighted by molar-refractivity contribution is 0.0600. The molecule has 0 fully saturated rings. The van der Waals surface area contributed by atoms with Crippen LogP contribution in [-0.4, -0.2) is 43.5 Å². The highest BCUT2D eigenvalue weighted by Gasteiger charge is 2.35. The second-order valence-electron chi connectivity index (χ2n) is 6.26. The summed E-state index contributed by atoms with van der Waals surface area (Å²) < 4.78 is 11.8. The van der Waals surface area contributed by atoms with Crippen molar-refractivity contribution in [3.63, 3.8) is 0 Å². The summed E-state index contributed by atoms with van der Waals surface area (Å²) in [5.74, 6) is 0.341. The van der Waals surface area contributed by atoms with Crippen molar-refractivity contribution in [3.8, 4) is 11.5 Å². The zero-order valence-electron chi connectivity index (χ0n) is 15.0. The van der Waals surface area contributed by atoms with Crippen LogP contribution in [0.3, 0.4) is 0 Å². The average Bonchev–Trinajstić information content (AvgIpc) is 3.44. The van der Waals surface area contributed by atoms with Crippen LogP contribution in [0.25, 0.3) is 11.5 Å². The first-order chi connectivity index (χ1) is 14.2. The van der Waals surface area contributed by atoms with Crippen LogP contribution in [0.4, 0.5) is 11.6 Å². The van der Waals surface area contributed by atoms with Crippen LogP contribution in [-0.2, 0) is 4.74 Å². The second kappa shape index (κ2) is 6.41. The Morgan fingerprint density at radius 1 is 1.24 bits per heavy atom. The minimum atomic E-state index is -0.571. The Kier molecular flexibility index (Phi) is 3.72. The molecule has 4 aromatic rings. The van der Waals surface area contributed by atoms with Gasteiger partial charge in [-0.3, -0.25) is 4.79 Å². The molecule has 1 aliphatic rings. The van der Waals surface area contributed by atoms with Crippen LogP contribution in [0, 0.1) is 0 Å². The van der Waals surface area contributed by atoms with Gasteiger partial charge in [0.25, 0.3) is 5.56 Å². The molecule has 0 spiro atoms. The van der Waals surface area contributed by atoms with E-state index in [1.54, 1.807) is 41.1 Å². The predicted molar refractivity (Wildman–Crippen MR) is 98.7 cm³/mol. The first-order valence-electron chi connectivity index (χ1n) is 8.57. The van der Waals surface area contributed by atoms with Crippen molar-refractivity contribution in [2.45, 2.75) is 6.04 Å². The van der Waals surface area contributed by atoms with Gasteiger partial charge in [0.15, 0.2) is 5.76 Å². The standard InChI is InChI=1S/C18H13N7O4/c1-28-17(27)10-6-4-9(5-7-10)15-12-13(11-3-2-8-29-11)20-21-16(26)14(12)19-18-22-23-24-25(15)18/h2-8,15H,1H3,(H,21,26)(H,19,22,24)/t15-/m0/s1. The third-order valence-corrected chi connectivity index (χ3v) is 4.67. The SMILES string of the molecule is COC(=O)c1ccc([C@H]2c3c(-c4ccco4)n[nH]c(=O)c3Nc3nnnn32)cc1. The molecule has 0 saturated heterocycles. The Bertz CT molecular complexity index is 1260. The van der Waals surface area contributed by atoms with Gasteiger partial charge in [0.05, 0.1) is 18.9 Å². The molecular formula is C18H13N7O4. The van der Waals surface area contributed by atoms with E-state index in [1.807, 2.05) is 0 Å². The van der Waals surface area contributed by atoms with Gasteiger partial charge < -0.3 is 14.5 Å². The molecule has 11 heteroatoms. The van der Waals surface area contributed by atoms with E-state index in [2.05, 4.69) is 31.0 Å². The fraction of sp³-hybridized carbons (Fsp3) is 0.111. The average molecular weight is 391 g/mol. The predicted octanol–water partition coefficient (Wildman–Crippen LogP) is 1.50. The number of furan rings is 1. The maximum atomic E-state index is 12.5. The normalized spacial score (nSPS) is 14.6. The molecule has 0 unspecified atom stereocenters. The Labute approximate surface area is 162 Å². The van der Waals surface area contributed by atoms with Gasteiger partial charge in [0, 0.05) is 5.56 Å². The molecule has 1 atom stereocenters. The summed E-state index contributed by atoms with van der Waals surface area (Å²) >= 11 is 0. The zero-order chi connectivity index (χ0) is 20.0. The number of anilines is 2. The van der Waals surface area contributed by atoms with E-state index in [4.69, 9.17) is 9.15 Å². The molecule has 0 saturated carbocycles. The smallest absolute Gasteiger partial charge is 0.337 e. The van der Waals surface area contributed by atoms with E-state index in [9.17, 15) is 9.59 Å². The first kappa shape index (κ1) is 16.9. The maximum absolute atomic E-state index is 12.5. The zero-order valence-corrected chi connectivity index (χ0v) is 15.0. The van der Waals surface area contributed by atoms with E-state index in [0.29, 0.717) is 28.5 Å². The summed E-state index contributed by atoms with van der Waals surface area (Å²) in [7, 11) is 1.32. The van der Waals surface area contributed by atoms with Crippen molar-refractivity contribution in [2.24, 2.45) is 0 Å². The number of aromatic amines is 1. The van der Waals surface area contributed by atoms with Crippen LogP contribution in [0.15, 0.2) is 51.9 Å². The minimum absolute atomic E-state index is 0.274. The molecule has 0 radical (unpaired) electrons. The van der Waals surface area contributed by atoms with Crippen LogP contribution in [0.5, 0.6) is 0 Å². The lowest BCUT2D eigenvalue weighted by Gasteiger charge is -2.27. The Balaban J connectivity index is 1.74. The number of hydrogen-bond donors (Lipinski definition) is 2. The number of fused-ring (bicyclic) bond motifs is 2. The molecule has 3 aromatic heterocycles. The summed E-state index contributed by atoms with van der Waals surface area (Å²) in [6.07, 6.45) is 1.52. The van der Waals surface area contributed by atoms with Gasteiger partial charge in [-0.15, -0.1) is 0 Å². The second-order valence-corrected chi connectivity index (χ2v) is 6.26. The van der Waals surface area contributed by atoms with Crippen LogP contribution >= 0.6 is 0 Å². The molecule has 1 aromatic carbocycles. The summed E-state index contributed by atoms with van der Waals surface area (Å²) in [6, 6.07) is 9.69. The van der Waals surface area contributed by atoms with Gasteiger partial charge in [-0.25, -0.2) is 9.89 Å². The monoisotopic (exact) mass is 391 g/mol. The maximum Gasteiger partial charge on any atom is 0.337 e. The topological polar surface area (TPSA) is 141 Å². The highest BCUT2D eigenvalue weighted by atomic mass is 16.5. The number of tetrazole rings is 1. The number of H-pyrrole nitrogens is 1. The van der Waals surface area contributed by atoms with Crippen molar-refractivity contribution in [3.05, 3.63) is 69.7 Å². The summed E-state index contributed by atoms with van der Waals surface area (Å²) in [4.78, 5) is 24.3. The summed E-state index contributed by atoms with van der Waals surface area (Å²) in [6.45, 7) is 0. The highest BCUT2D eigenvalue weighted by Crippen LogP contribution is 2.41. The minimum Gasteiger partial charge on any atom is -0.465 e. The molecule has 144 valence electrons. The van der Waals surface area contributed by atoms with Crippen molar-refractivity contribution in [1.82, 2.24) is 30.4 Å². The molecule has 2 N–H and O–H groups in total. The molecule has 5 rings (SSSR count). The fourth-order valence-corrected chi connectivity index (χ4v) is 3.37. The number of nitrogens with one attached hydrogen (secondary N) is 2.